The molecule has 3 rings (SSSR count). The Balaban J connectivity index is 1.83. The van der Waals surface area contributed by atoms with E-state index in [1.807, 2.05) is 56.2 Å². The minimum absolute atomic E-state index is 0.0842. The fourth-order valence-electron chi connectivity index (χ4n) is 3.48. The van der Waals surface area contributed by atoms with Crippen molar-refractivity contribution in [2.24, 2.45) is 5.92 Å². The number of rotatable bonds is 9. The second-order valence-electron chi connectivity index (χ2n) is 8.36. The van der Waals surface area contributed by atoms with Crippen molar-refractivity contribution in [1.29, 1.82) is 0 Å². The molecule has 1 fully saturated rings. The standard InChI is InChI=1S/C23H32N4O3/c1-25(2)12-13-27(23(29)21-9-6-14-30-21)16-18-15-19(10-11-20(18)26(3)4)24-22(28)17-7-5-8-17/h6,9-11,14-15,17H,5,7-8,12-13,16H2,1-4H3,(H,24,28). The lowest BCUT2D eigenvalue weighted by Crippen LogP contribution is -2.36. The van der Waals surface area contributed by atoms with Gasteiger partial charge in [-0.1, -0.05) is 6.42 Å². The summed E-state index contributed by atoms with van der Waals surface area (Å²) in [5.74, 6) is 0.394. The van der Waals surface area contributed by atoms with Crippen molar-refractivity contribution < 1.29 is 14.0 Å². The zero-order chi connectivity index (χ0) is 21.7. The van der Waals surface area contributed by atoms with Crippen molar-refractivity contribution >= 4 is 23.2 Å². The first kappa shape index (κ1) is 21.9. The maximum absolute atomic E-state index is 13.0. The Hall–Kier alpha value is -2.80. The van der Waals surface area contributed by atoms with Gasteiger partial charge in [0.25, 0.3) is 5.91 Å². The third-order valence-corrected chi connectivity index (χ3v) is 5.50. The minimum atomic E-state index is -0.143. The predicted octanol–water partition coefficient (Wildman–Crippen LogP) is 3.29. The van der Waals surface area contributed by atoms with E-state index in [0.29, 0.717) is 18.8 Å². The molecule has 0 aliphatic heterocycles. The van der Waals surface area contributed by atoms with Crippen LogP contribution in [0.15, 0.2) is 41.0 Å². The number of anilines is 2. The van der Waals surface area contributed by atoms with Gasteiger partial charge in [-0.25, -0.2) is 0 Å². The van der Waals surface area contributed by atoms with Crippen LogP contribution < -0.4 is 10.2 Å². The van der Waals surface area contributed by atoms with Crippen molar-refractivity contribution in [3.05, 3.63) is 47.9 Å². The van der Waals surface area contributed by atoms with Gasteiger partial charge in [-0.3, -0.25) is 9.59 Å². The van der Waals surface area contributed by atoms with E-state index < -0.39 is 0 Å². The molecule has 1 heterocycles. The normalized spacial score (nSPS) is 13.8. The van der Waals surface area contributed by atoms with E-state index >= 15 is 0 Å². The maximum atomic E-state index is 13.0. The number of likely N-dealkylation sites (N-methyl/N-ethyl adjacent to an activating group) is 1. The molecule has 30 heavy (non-hydrogen) atoms. The van der Waals surface area contributed by atoms with E-state index in [9.17, 15) is 9.59 Å². The molecule has 1 aliphatic carbocycles. The second kappa shape index (κ2) is 9.80. The highest BCUT2D eigenvalue weighted by Gasteiger charge is 2.26. The summed E-state index contributed by atoms with van der Waals surface area (Å²) < 4.78 is 5.35. The Labute approximate surface area is 178 Å². The Morgan fingerprint density at radius 3 is 2.43 bits per heavy atom. The Bertz CT molecular complexity index is 857. The summed E-state index contributed by atoms with van der Waals surface area (Å²) in [4.78, 5) is 31.3. The molecule has 0 saturated heterocycles. The van der Waals surface area contributed by atoms with Gasteiger partial charge in [0.15, 0.2) is 5.76 Å². The molecule has 0 bridgehead atoms. The molecule has 1 saturated carbocycles. The molecule has 1 aromatic heterocycles. The fraction of sp³-hybridized carbons (Fsp3) is 0.478. The van der Waals surface area contributed by atoms with E-state index in [4.69, 9.17) is 4.42 Å². The summed E-state index contributed by atoms with van der Waals surface area (Å²) in [6.07, 6.45) is 4.56. The van der Waals surface area contributed by atoms with Crippen molar-refractivity contribution in [2.45, 2.75) is 25.8 Å². The highest BCUT2D eigenvalue weighted by Crippen LogP contribution is 2.29. The lowest BCUT2D eigenvalue weighted by atomic mass is 9.85. The van der Waals surface area contributed by atoms with Gasteiger partial charge in [-0.2, -0.15) is 0 Å². The number of hydrogen-bond acceptors (Lipinski definition) is 5. The van der Waals surface area contributed by atoms with Crippen molar-refractivity contribution in [1.82, 2.24) is 9.80 Å². The van der Waals surface area contributed by atoms with Gasteiger partial charge in [0.2, 0.25) is 5.91 Å². The van der Waals surface area contributed by atoms with Crippen LogP contribution in [0, 0.1) is 5.92 Å². The number of carbonyl (C=O) groups excluding carboxylic acids is 2. The first-order chi connectivity index (χ1) is 14.3. The molecule has 0 unspecified atom stereocenters. The minimum Gasteiger partial charge on any atom is -0.459 e. The first-order valence-electron chi connectivity index (χ1n) is 10.4. The summed E-state index contributed by atoms with van der Waals surface area (Å²) in [7, 11) is 7.92. The summed E-state index contributed by atoms with van der Waals surface area (Å²) >= 11 is 0. The summed E-state index contributed by atoms with van der Waals surface area (Å²) in [6.45, 7) is 1.73. The van der Waals surface area contributed by atoms with Crippen LogP contribution in [0.25, 0.3) is 0 Å². The van der Waals surface area contributed by atoms with Crippen LogP contribution in [0.3, 0.4) is 0 Å². The molecule has 7 heteroatoms. The molecule has 0 atom stereocenters. The van der Waals surface area contributed by atoms with Crippen LogP contribution in [0.5, 0.6) is 0 Å². The molecule has 162 valence electrons. The highest BCUT2D eigenvalue weighted by molar-refractivity contribution is 5.93. The van der Waals surface area contributed by atoms with Crippen LogP contribution in [0.1, 0.15) is 35.4 Å². The average molecular weight is 413 g/mol. The van der Waals surface area contributed by atoms with E-state index in [0.717, 1.165) is 42.7 Å². The Morgan fingerprint density at radius 2 is 1.87 bits per heavy atom. The van der Waals surface area contributed by atoms with E-state index in [1.54, 1.807) is 17.0 Å². The van der Waals surface area contributed by atoms with E-state index in [1.165, 1.54) is 6.26 Å². The van der Waals surface area contributed by atoms with Crippen LogP contribution in [-0.2, 0) is 11.3 Å². The summed E-state index contributed by atoms with van der Waals surface area (Å²) in [6, 6.07) is 9.30. The quantitative estimate of drug-likeness (QED) is 0.685. The topological polar surface area (TPSA) is 69.0 Å². The lowest BCUT2D eigenvalue weighted by molar-refractivity contribution is -0.122. The Kier molecular flexibility index (Phi) is 7.15. The summed E-state index contributed by atoms with van der Waals surface area (Å²) in [5, 5.41) is 3.04. The van der Waals surface area contributed by atoms with Gasteiger partial charge < -0.3 is 24.4 Å². The molecule has 2 amide bonds. The maximum Gasteiger partial charge on any atom is 0.289 e. The first-order valence-corrected chi connectivity index (χ1v) is 10.4. The third kappa shape index (κ3) is 5.42. The molecule has 0 radical (unpaired) electrons. The third-order valence-electron chi connectivity index (χ3n) is 5.50. The zero-order valence-electron chi connectivity index (χ0n) is 18.4. The molecule has 1 aliphatic rings. The molecule has 1 N–H and O–H groups in total. The molecule has 0 spiro atoms. The van der Waals surface area contributed by atoms with Gasteiger partial charge in [-0.15, -0.1) is 0 Å². The fourth-order valence-corrected chi connectivity index (χ4v) is 3.48. The number of carbonyl (C=O) groups is 2. The molecular formula is C23H32N4O3. The number of nitrogens with zero attached hydrogens (tertiary/aromatic N) is 3. The number of furan rings is 1. The second-order valence-corrected chi connectivity index (χ2v) is 8.36. The summed E-state index contributed by atoms with van der Waals surface area (Å²) in [5.41, 5.74) is 2.76. The van der Waals surface area contributed by atoms with Crippen molar-refractivity contribution in [2.75, 3.05) is 51.5 Å². The number of amides is 2. The van der Waals surface area contributed by atoms with Gasteiger partial charge >= 0.3 is 0 Å². The van der Waals surface area contributed by atoms with Crippen LogP contribution in [0.4, 0.5) is 11.4 Å². The van der Waals surface area contributed by atoms with Gasteiger partial charge in [-0.05, 0) is 62.8 Å². The van der Waals surface area contributed by atoms with Crippen LogP contribution in [-0.4, -0.2) is 62.9 Å². The van der Waals surface area contributed by atoms with E-state index in [-0.39, 0.29) is 17.7 Å². The molecule has 2 aromatic rings. The molecule has 1 aromatic carbocycles. The smallest absolute Gasteiger partial charge is 0.289 e. The largest absolute Gasteiger partial charge is 0.459 e. The van der Waals surface area contributed by atoms with Crippen molar-refractivity contribution in [3.8, 4) is 0 Å². The number of nitrogens with one attached hydrogen (secondary N) is 1. The molecular weight excluding hydrogens is 380 g/mol. The Morgan fingerprint density at radius 1 is 1.10 bits per heavy atom. The number of benzene rings is 1. The average Bonchev–Trinajstić information content (AvgIpc) is 3.17. The predicted molar refractivity (Wildman–Crippen MR) is 119 cm³/mol. The van der Waals surface area contributed by atoms with Crippen LogP contribution >= 0.6 is 0 Å². The zero-order valence-corrected chi connectivity index (χ0v) is 18.4. The van der Waals surface area contributed by atoms with E-state index in [2.05, 4.69) is 5.32 Å². The SMILES string of the molecule is CN(C)CCN(Cc1cc(NC(=O)C2CCC2)ccc1N(C)C)C(=O)c1ccco1. The lowest BCUT2D eigenvalue weighted by Gasteiger charge is -2.27. The van der Waals surface area contributed by atoms with Gasteiger partial charge in [0.1, 0.15) is 0 Å². The van der Waals surface area contributed by atoms with Crippen molar-refractivity contribution in [3.63, 3.8) is 0 Å². The van der Waals surface area contributed by atoms with Gasteiger partial charge in [0.05, 0.1) is 6.26 Å². The molecule has 7 nitrogen and oxygen atoms in total. The van der Waals surface area contributed by atoms with Gasteiger partial charge in [0, 0.05) is 51.0 Å². The monoisotopic (exact) mass is 412 g/mol. The highest BCUT2D eigenvalue weighted by atomic mass is 16.3. The number of hydrogen-bond donors (Lipinski definition) is 1. The van der Waals surface area contributed by atoms with Crippen LogP contribution in [0.2, 0.25) is 0 Å².